The van der Waals surface area contributed by atoms with Crippen molar-refractivity contribution in [2.75, 3.05) is 0 Å². The number of hydrogen-bond acceptors (Lipinski definition) is 2. The molecule has 0 radical (unpaired) electrons. The van der Waals surface area contributed by atoms with Crippen molar-refractivity contribution in [3.63, 3.8) is 0 Å². The summed E-state index contributed by atoms with van der Waals surface area (Å²) in [6, 6.07) is 43.6. The minimum atomic E-state index is 0.991. The molecule has 39 heavy (non-hydrogen) atoms. The second-order valence-electron chi connectivity index (χ2n) is 9.74. The van der Waals surface area contributed by atoms with Crippen molar-refractivity contribution in [1.29, 1.82) is 5.41 Å². The number of rotatable bonds is 5. The molecule has 1 N–H and O–H groups in total. The summed E-state index contributed by atoms with van der Waals surface area (Å²) in [5, 5.41) is 10.3. The van der Waals surface area contributed by atoms with Gasteiger partial charge in [0, 0.05) is 26.1 Å². The maximum atomic E-state index is 7.88. The van der Waals surface area contributed by atoms with E-state index in [1.807, 2.05) is 6.92 Å². The Balaban J connectivity index is 1.47. The Bertz CT molecular complexity index is 1940. The number of thiophene rings is 1. The van der Waals surface area contributed by atoms with Gasteiger partial charge in [-0.1, -0.05) is 103 Å². The Morgan fingerprint density at radius 3 is 1.77 bits per heavy atom. The van der Waals surface area contributed by atoms with Gasteiger partial charge in [-0.05, 0) is 88.2 Å². The molecule has 0 aliphatic rings. The molecule has 0 aliphatic heterocycles. The molecule has 0 unspecified atom stereocenters. The average Bonchev–Trinajstić information content (AvgIpc) is 3.39. The van der Waals surface area contributed by atoms with Crippen LogP contribution in [-0.4, -0.2) is 6.21 Å². The van der Waals surface area contributed by atoms with Gasteiger partial charge in [0.05, 0.1) is 0 Å². The van der Waals surface area contributed by atoms with E-state index in [1.54, 1.807) is 11.3 Å². The Morgan fingerprint density at radius 2 is 1.13 bits per heavy atom. The highest BCUT2D eigenvalue weighted by Gasteiger charge is 2.11. The first kappa shape index (κ1) is 24.8. The number of benzene rings is 5. The fourth-order valence-corrected chi connectivity index (χ4v) is 6.46. The van der Waals surface area contributed by atoms with E-state index in [2.05, 4.69) is 134 Å². The lowest BCUT2D eigenvalue weighted by molar-refractivity contribution is 1.55. The molecule has 0 saturated carbocycles. The van der Waals surface area contributed by atoms with Gasteiger partial charge in [0.15, 0.2) is 0 Å². The molecule has 2 heteroatoms. The maximum absolute atomic E-state index is 7.88. The fraction of sp³-hybridized carbons (Fsp3) is 0.0541. The van der Waals surface area contributed by atoms with E-state index in [0.29, 0.717) is 0 Å². The summed E-state index contributed by atoms with van der Waals surface area (Å²) < 4.78 is 2.47. The number of nitrogens with one attached hydrogen (secondary N) is 1. The molecule has 0 fully saturated rings. The van der Waals surface area contributed by atoms with E-state index in [-0.39, 0.29) is 0 Å². The zero-order valence-corrected chi connectivity index (χ0v) is 22.9. The van der Waals surface area contributed by atoms with E-state index >= 15 is 0 Å². The Hall–Kier alpha value is -4.53. The van der Waals surface area contributed by atoms with Gasteiger partial charge >= 0.3 is 0 Å². The second kappa shape index (κ2) is 10.7. The van der Waals surface area contributed by atoms with Crippen molar-refractivity contribution in [2.45, 2.75) is 13.8 Å². The van der Waals surface area contributed by atoms with Gasteiger partial charge < -0.3 is 5.41 Å². The molecule has 6 rings (SSSR count). The van der Waals surface area contributed by atoms with Crippen LogP contribution in [0.4, 0.5) is 0 Å². The SMILES string of the molecule is C/C=c1/sc2ccc(-c3ccccc3-c3cccc(-c4cccc(-c5ccccc5)c4)c3)cc2/c1=C(/C)C=N. The van der Waals surface area contributed by atoms with Crippen molar-refractivity contribution >= 4 is 39.3 Å². The highest BCUT2D eigenvalue weighted by molar-refractivity contribution is 7.17. The normalized spacial score (nSPS) is 12.5. The van der Waals surface area contributed by atoms with Crippen LogP contribution >= 0.6 is 11.3 Å². The number of hydrogen-bond donors (Lipinski definition) is 1. The highest BCUT2D eigenvalue weighted by atomic mass is 32.1. The molecule has 0 aliphatic carbocycles. The first-order chi connectivity index (χ1) is 19.2. The van der Waals surface area contributed by atoms with Gasteiger partial charge in [-0.25, -0.2) is 0 Å². The van der Waals surface area contributed by atoms with Gasteiger partial charge in [-0.15, -0.1) is 11.3 Å². The summed E-state index contributed by atoms with van der Waals surface area (Å²) >= 11 is 1.79. The summed E-state index contributed by atoms with van der Waals surface area (Å²) in [5.41, 5.74) is 10.7. The molecule has 1 nitrogen and oxygen atoms in total. The predicted octanol–water partition coefficient (Wildman–Crippen LogP) is 9.19. The van der Waals surface area contributed by atoms with Crippen LogP contribution in [0.2, 0.25) is 0 Å². The summed E-state index contributed by atoms with van der Waals surface area (Å²) in [4.78, 5) is 0. The summed E-state index contributed by atoms with van der Waals surface area (Å²) in [7, 11) is 0. The van der Waals surface area contributed by atoms with E-state index < -0.39 is 0 Å². The standard InChI is InChI=1S/C37H29NS/c1-3-35-37(25(2)24-38)34-23-31(19-20-36(34)39-35)33-18-8-7-17-32(33)30-16-10-15-29(22-30)28-14-9-13-27(21-28)26-11-5-4-6-12-26/h3-24,38H,1-2H3/b35-3+,37-25+,38-24?. The average molecular weight is 520 g/mol. The summed E-state index contributed by atoms with van der Waals surface area (Å²) in [6.45, 7) is 4.10. The molecule has 0 spiro atoms. The predicted molar refractivity (Wildman–Crippen MR) is 171 cm³/mol. The molecule has 6 aromatic rings. The molecule has 1 aromatic heterocycles. The molecule has 188 valence electrons. The van der Waals surface area contributed by atoms with Crippen LogP contribution in [0.25, 0.3) is 66.2 Å². The van der Waals surface area contributed by atoms with E-state index in [4.69, 9.17) is 5.41 Å². The van der Waals surface area contributed by atoms with E-state index in [1.165, 1.54) is 70.6 Å². The Morgan fingerprint density at radius 1 is 0.590 bits per heavy atom. The minimum absolute atomic E-state index is 0.991. The molecule has 0 bridgehead atoms. The molecular formula is C37H29NS. The molecule has 1 heterocycles. The van der Waals surface area contributed by atoms with Crippen LogP contribution in [0.3, 0.4) is 0 Å². The maximum Gasteiger partial charge on any atom is 0.0355 e. The molecular weight excluding hydrogens is 490 g/mol. The highest BCUT2D eigenvalue weighted by Crippen LogP contribution is 2.36. The third-order valence-corrected chi connectivity index (χ3v) is 8.54. The van der Waals surface area contributed by atoms with Crippen molar-refractivity contribution in [3.8, 4) is 44.5 Å². The quantitative estimate of drug-likeness (QED) is 0.220. The van der Waals surface area contributed by atoms with E-state index in [0.717, 1.165) is 5.57 Å². The molecule has 0 saturated heterocycles. The summed E-state index contributed by atoms with van der Waals surface area (Å²) in [6.07, 6.45) is 3.62. The van der Waals surface area contributed by atoms with Crippen molar-refractivity contribution in [3.05, 3.63) is 131 Å². The lowest BCUT2D eigenvalue weighted by Crippen LogP contribution is -2.21. The fourth-order valence-electron chi connectivity index (χ4n) is 5.33. The van der Waals surface area contributed by atoms with E-state index in [9.17, 15) is 0 Å². The van der Waals surface area contributed by atoms with Crippen LogP contribution in [0.5, 0.6) is 0 Å². The van der Waals surface area contributed by atoms with Crippen LogP contribution in [0.1, 0.15) is 13.8 Å². The van der Waals surface area contributed by atoms with Gasteiger partial charge in [0.1, 0.15) is 0 Å². The molecule has 0 atom stereocenters. The van der Waals surface area contributed by atoms with Gasteiger partial charge in [-0.3, -0.25) is 0 Å². The van der Waals surface area contributed by atoms with Crippen LogP contribution in [-0.2, 0) is 0 Å². The zero-order chi connectivity index (χ0) is 26.8. The number of fused-ring (bicyclic) bond motifs is 1. The van der Waals surface area contributed by atoms with Crippen molar-refractivity contribution in [1.82, 2.24) is 0 Å². The minimum Gasteiger partial charge on any atom is -0.308 e. The topological polar surface area (TPSA) is 23.9 Å². The third-order valence-electron chi connectivity index (χ3n) is 7.30. The van der Waals surface area contributed by atoms with Crippen molar-refractivity contribution < 1.29 is 0 Å². The van der Waals surface area contributed by atoms with Crippen LogP contribution in [0.15, 0.2) is 121 Å². The Kier molecular flexibility index (Phi) is 6.79. The first-order valence-electron chi connectivity index (χ1n) is 13.2. The second-order valence-corrected chi connectivity index (χ2v) is 10.8. The van der Waals surface area contributed by atoms with Crippen LogP contribution in [0, 0.1) is 5.41 Å². The smallest absolute Gasteiger partial charge is 0.0355 e. The first-order valence-corrected chi connectivity index (χ1v) is 14.0. The lowest BCUT2D eigenvalue weighted by Gasteiger charge is -2.13. The van der Waals surface area contributed by atoms with Crippen molar-refractivity contribution in [2.24, 2.45) is 0 Å². The molecule has 0 amide bonds. The largest absolute Gasteiger partial charge is 0.308 e. The van der Waals surface area contributed by atoms with Gasteiger partial charge in [0.2, 0.25) is 0 Å². The zero-order valence-electron chi connectivity index (χ0n) is 22.1. The summed E-state index contributed by atoms with van der Waals surface area (Å²) in [5.74, 6) is 0. The lowest BCUT2D eigenvalue weighted by atomic mass is 9.91. The third kappa shape index (κ3) is 4.76. The monoisotopic (exact) mass is 519 g/mol. The Labute approximate surface area is 233 Å². The van der Waals surface area contributed by atoms with Gasteiger partial charge in [0.25, 0.3) is 0 Å². The van der Waals surface area contributed by atoms with Crippen LogP contribution < -0.4 is 9.75 Å². The van der Waals surface area contributed by atoms with Gasteiger partial charge in [-0.2, -0.15) is 0 Å². The molecule has 5 aromatic carbocycles.